The van der Waals surface area contributed by atoms with Gasteiger partial charge in [-0.05, 0) is 43.3 Å². The molecule has 2 aliphatic heterocycles. The van der Waals surface area contributed by atoms with E-state index in [4.69, 9.17) is 9.47 Å². The third kappa shape index (κ3) is 3.79. The molecule has 1 unspecified atom stereocenters. The smallest absolute Gasteiger partial charge is 0.253 e. The number of anilines is 2. The molecule has 1 amide bonds. The van der Waals surface area contributed by atoms with Crippen molar-refractivity contribution in [1.29, 1.82) is 0 Å². The van der Waals surface area contributed by atoms with E-state index in [1.165, 1.54) is 12.1 Å². The largest absolute Gasteiger partial charge is 0.376 e. The predicted octanol–water partition coefficient (Wildman–Crippen LogP) is 2.17. The number of benzene rings is 1. The zero-order valence-corrected chi connectivity index (χ0v) is 15.2. The van der Waals surface area contributed by atoms with Gasteiger partial charge in [0.05, 0.1) is 26.3 Å². The van der Waals surface area contributed by atoms with Gasteiger partial charge in [-0.2, -0.15) is 0 Å². The summed E-state index contributed by atoms with van der Waals surface area (Å²) in [4.78, 5) is 20.8. The van der Waals surface area contributed by atoms with E-state index in [1.807, 2.05) is 25.1 Å². The fourth-order valence-corrected chi connectivity index (χ4v) is 3.56. The highest BCUT2D eigenvalue weighted by Crippen LogP contribution is 2.28. The normalized spacial score (nSPS) is 23.6. The molecule has 3 heterocycles. The Balaban J connectivity index is 1.60. The third-order valence-corrected chi connectivity index (χ3v) is 4.93. The van der Waals surface area contributed by atoms with Crippen LogP contribution in [0.3, 0.4) is 0 Å². The molecule has 1 spiro atoms. The van der Waals surface area contributed by atoms with Crippen LogP contribution in [-0.2, 0) is 14.3 Å². The van der Waals surface area contributed by atoms with Crippen LogP contribution in [-0.4, -0.2) is 55.9 Å². The lowest BCUT2D eigenvalue weighted by molar-refractivity contribution is -0.143. The molecular weight excluding hydrogens is 349 g/mol. The van der Waals surface area contributed by atoms with Crippen molar-refractivity contribution in [2.75, 3.05) is 49.3 Å². The number of aromatic nitrogens is 1. The second-order valence-electron chi connectivity index (χ2n) is 7.04. The summed E-state index contributed by atoms with van der Waals surface area (Å²) in [5, 5.41) is 0. The summed E-state index contributed by atoms with van der Waals surface area (Å²) in [6, 6.07) is 11.9. The number of amides is 1. The van der Waals surface area contributed by atoms with Crippen molar-refractivity contribution in [3.8, 4) is 0 Å². The summed E-state index contributed by atoms with van der Waals surface area (Å²) in [6.45, 7) is 4.49. The summed E-state index contributed by atoms with van der Waals surface area (Å²) in [7, 11) is 0. The number of rotatable bonds is 2. The quantitative estimate of drug-likeness (QED) is 0.810. The van der Waals surface area contributed by atoms with Gasteiger partial charge in [0.2, 0.25) is 0 Å². The number of halogens is 1. The Hall–Kier alpha value is -2.51. The molecule has 2 aromatic rings. The molecule has 0 radical (unpaired) electrons. The number of hydrogen-bond donors (Lipinski definition) is 0. The van der Waals surface area contributed by atoms with Gasteiger partial charge >= 0.3 is 0 Å². The standard InChI is InChI=1S/C20H22FN3O3/c1-15-3-2-4-18(22-15)23-9-10-26-14-20(12-23)13-24(19(25)11-27-20)17-7-5-16(21)6-8-17/h2-8H,9-14H2,1H3. The summed E-state index contributed by atoms with van der Waals surface area (Å²) >= 11 is 0. The number of carbonyl (C=O) groups is 1. The minimum atomic E-state index is -0.662. The first kappa shape index (κ1) is 17.9. The van der Waals surface area contributed by atoms with Crippen molar-refractivity contribution in [3.63, 3.8) is 0 Å². The third-order valence-electron chi connectivity index (χ3n) is 4.93. The van der Waals surface area contributed by atoms with Crippen molar-refractivity contribution < 1.29 is 18.7 Å². The molecular formula is C20H22FN3O3. The number of hydrogen-bond acceptors (Lipinski definition) is 5. The summed E-state index contributed by atoms with van der Waals surface area (Å²) in [6.07, 6.45) is 0. The Morgan fingerprint density at radius 1 is 1.15 bits per heavy atom. The van der Waals surface area contributed by atoms with Gasteiger partial charge in [0.25, 0.3) is 5.91 Å². The topological polar surface area (TPSA) is 54.9 Å². The van der Waals surface area contributed by atoms with Crippen molar-refractivity contribution in [2.45, 2.75) is 12.5 Å². The molecule has 7 heteroatoms. The van der Waals surface area contributed by atoms with Gasteiger partial charge in [0.15, 0.2) is 0 Å². The lowest BCUT2D eigenvalue weighted by Gasteiger charge is -2.43. The van der Waals surface area contributed by atoms with Gasteiger partial charge in [0, 0.05) is 17.9 Å². The predicted molar refractivity (Wildman–Crippen MR) is 99.4 cm³/mol. The van der Waals surface area contributed by atoms with Gasteiger partial charge in [-0.3, -0.25) is 4.79 Å². The highest BCUT2D eigenvalue weighted by Gasteiger charge is 2.43. The second kappa shape index (κ2) is 7.25. The van der Waals surface area contributed by atoms with Crippen LogP contribution in [0.15, 0.2) is 42.5 Å². The number of morpholine rings is 1. The number of ether oxygens (including phenoxy) is 2. The number of pyridine rings is 1. The summed E-state index contributed by atoms with van der Waals surface area (Å²) in [5.74, 6) is 0.397. The zero-order chi connectivity index (χ0) is 18.9. The van der Waals surface area contributed by atoms with Crippen molar-refractivity contribution in [1.82, 2.24) is 4.98 Å². The lowest BCUT2D eigenvalue weighted by Crippen LogP contribution is -2.61. The Kier molecular flexibility index (Phi) is 4.80. The molecule has 1 aromatic heterocycles. The molecule has 2 fully saturated rings. The summed E-state index contributed by atoms with van der Waals surface area (Å²) in [5.41, 5.74) is 0.942. The minimum Gasteiger partial charge on any atom is -0.376 e. The summed E-state index contributed by atoms with van der Waals surface area (Å²) < 4.78 is 25.1. The first-order valence-corrected chi connectivity index (χ1v) is 9.01. The van der Waals surface area contributed by atoms with Crippen LogP contribution in [0.1, 0.15) is 5.69 Å². The zero-order valence-electron chi connectivity index (χ0n) is 15.2. The Labute approximate surface area is 157 Å². The fourth-order valence-electron chi connectivity index (χ4n) is 3.56. The Morgan fingerprint density at radius 2 is 1.96 bits per heavy atom. The monoisotopic (exact) mass is 371 g/mol. The maximum Gasteiger partial charge on any atom is 0.253 e. The average molecular weight is 371 g/mol. The molecule has 4 rings (SSSR count). The SMILES string of the molecule is Cc1cccc(N2CCOCC3(C2)CN(c2ccc(F)cc2)C(=O)CO3)n1. The maximum atomic E-state index is 13.3. The van der Waals surface area contributed by atoms with Crippen LogP contribution in [0.5, 0.6) is 0 Å². The lowest BCUT2D eigenvalue weighted by atomic mass is 10.0. The highest BCUT2D eigenvalue weighted by atomic mass is 19.1. The molecule has 0 saturated carbocycles. The fraction of sp³-hybridized carbons (Fsp3) is 0.400. The van der Waals surface area contributed by atoms with E-state index < -0.39 is 5.60 Å². The molecule has 6 nitrogen and oxygen atoms in total. The van der Waals surface area contributed by atoms with Gasteiger partial charge in [-0.25, -0.2) is 9.37 Å². The van der Waals surface area contributed by atoms with Crippen molar-refractivity contribution in [3.05, 3.63) is 54.0 Å². The van der Waals surface area contributed by atoms with Crippen LogP contribution >= 0.6 is 0 Å². The van der Waals surface area contributed by atoms with E-state index in [2.05, 4.69) is 9.88 Å². The van der Waals surface area contributed by atoms with Gasteiger partial charge < -0.3 is 19.3 Å². The maximum absolute atomic E-state index is 13.3. The minimum absolute atomic E-state index is 0.0319. The van der Waals surface area contributed by atoms with Crippen LogP contribution < -0.4 is 9.80 Å². The van der Waals surface area contributed by atoms with Crippen LogP contribution in [0.4, 0.5) is 15.9 Å². The van der Waals surface area contributed by atoms with E-state index >= 15 is 0 Å². The van der Waals surface area contributed by atoms with Crippen molar-refractivity contribution >= 4 is 17.4 Å². The number of aryl methyl sites for hydroxylation is 1. The Bertz CT molecular complexity index is 829. The van der Waals surface area contributed by atoms with Gasteiger partial charge in [-0.15, -0.1) is 0 Å². The van der Waals surface area contributed by atoms with Crippen LogP contribution in [0, 0.1) is 12.7 Å². The Morgan fingerprint density at radius 3 is 2.74 bits per heavy atom. The highest BCUT2D eigenvalue weighted by molar-refractivity contribution is 5.95. The van der Waals surface area contributed by atoms with E-state index in [1.54, 1.807) is 17.0 Å². The first-order valence-electron chi connectivity index (χ1n) is 9.01. The van der Waals surface area contributed by atoms with Crippen LogP contribution in [0.2, 0.25) is 0 Å². The number of nitrogens with zero attached hydrogens (tertiary/aromatic N) is 3. The molecule has 2 aliphatic rings. The van der Waals surface area contributed by atoms with E-state index in [9.17, 15) is 9.18 Å². The second-order valence-corrected chi connectivity index (χ2v) is 7.04. The van der Waals surface area contributed by atoms with Crippen molar-refractivity contribution in [2.24, 2.45) is 0 Å². The first-order chi connectivity index (χ1) is 13.0. The molecule has 1 atom stereocenters. The average Bonchev–Trinajstić information content (AvgIpc) is 2.88. The molecule has 1 aromatic carbocycles. The van der Waals surface area contributed by atoms with Gasteiger partial charge in [0.1, 0.15) is 23.8 Å². The van der Waals surface area contributed by atoms with Crippen LogP contribution in [0.25, 0.3) is 0 Å². The molecule has 0 aliphatic carbocycles. The van der Waals surface area contributed by atoms with E-state index in [-0.39, 0.29) is 18.3 Å². The molecule has 2 saturated heterocycles. The van der Waals surface area contributed by atoms with Gasteiger partial charge in [-0.1, -0.05) is 6.07 Å². The molecule has 27 heavy (non-hydrogen) atoms. The molecule has 0 N–H and O–H groups in total. The molecule has 142 valence electrons. The van der Waals surface area contributed by atoms with E-state index in [0.717, 1.165) is 11.5 Å². The number of carbonyl (C=O) groups excluding carboxylic acids is 1. The van der Waals surface area contributed by atoms with E-state index in [0.29, 0.717) is 38.5 Å². The molecule has 0 bridgehead atoms.